The van der Waals surface area contributed by atoms with Gasteiger partial charge in [0.1, 0.15) is 5.75 Å². The number of fused-ring (bicyclic) bond motifs is 1. The molecule has 2 aromatic carbocycles. The van der Waals surface area contributed by atoms with Gasteiger partial charge in [-0.05, 0) is 48.6 Å². The molecule has 0 aromatic heterocycles. The Balaban J connectivity index is 1.89. The lowest BCUT2D eigenvalue weighted by Gasteiger charge is -2.26. The van der Waals surface area contributed by atoms with Crippen LogP contribution in [0.25, 0.3) is 0 Å². The molecule has 0 bridgehead atoms. The van der Waals surface area contributed by atoms with E-state index in [2.05, 4.69) is 10.8 Å². The number of sulfonamides is 1. The Hall–Kier alpha value is -1.56. The Labute approximate surface area is 141 Å². The molecule has 2 aromatic rings. The van der Waals surface area contributed by atoms with Gasteiger partial charge in [0.15, 0.2) is 0 Å². The average molecular weight is 352 g/mol. The highest BCUT2D eigenvalue weighted by Crippen LogP contribution is 2.32. The fourth-order valence-electron chi connectivity index (χ4n) is 2.95. The topological polar surface area (TPSA) is 55.4 Å². The molecule has 23 heavy (non-hydrogen) atoms. The number of rotatable bonds is 4. The van der Waals surface area contributed by atoms with Gasteiger partial charge in [-0.25, -0.2) is 13.1 Å². The van der Waals surface area contributed by atoms with Crippen LogP contribution < -0.4 is 9.46 Å². The van der Waals surface area contributed by atoms with Crippen molar-refractivity contribution >= 4 is 21.6 Å². The van der Waals surface area contributed by atoms with Gasteiger partial charge < -0.3 is 4.74 Å². The zero-order valence-electron chi connectivity index (χ0n) is 12.8. The molecule has 3 rings (SSSR count). The molecule has 0 saturated carbocycles. The maximum Gasteiger partial charge on any atom is 0.241 e. The van der Waals surface area contributed by atoms with Crippen LogP contribution in [0.1, 0.15) is 30.0 Å². The van der Waals surface area contributed by atoms with Crippen molar-refractivity contribution in [1.29, 1.82) is 0 Å². The summed E-state index contributed by atoms with van der Waals surface area (Å²) in [7, 11) is -2.15. The minimum Gasteiger partial charge on any atom is -0.495 e. The lowest BCUT2D eigenvalue weighted by molar-refractivity contribution is 0.414. The Bertz CT molecular complexity index is 820. The van der Waals surface area contributed by atoms with Gasteiger partial charge in [0.25, 0.3) is 0 Å². The second kappa shape index (κ2) is 6.51. The summed E-state index contributed by atoms with van der Waals surface area (Å²) in [5, 5.41) is 0.277. The van der Waals surface area contributed by atoms with Crippen molar-refractivity contribution in [3.05, 3.63) is 58.6 Å². The molecule has 1 atom stereocenters. The molecule has 1 aliphatic rings. The van der Waals surface area contributed by atoms with Gasteiger partial charge in [-0.3, -0.25) is 0 Å². The SMILES string of the molecule is COc1ccc(S(=O)(=O)NC2CCCc3ccccc32)cc1Cl. The van der Waals surface area contributed by atoms with Crippen LogP contribution in [-0.4, -0.2) is 15.5 Å². The standard InChI is InChI=1S/C17H18ClNO3S/c1-22-17-10-9-13(11-15(17)18)23(20,21)19-16-8-4-6-12-5-2-3-7-14(12)16/h2-3,5,7,9-11,16,19H,4,6,8H2,1H3. The van der Waals surface area contributed by atoms with Gasteiger partial charge in [0, 0.05) is 6.04 Å². The monoisotopic (exact) mass is 351 g/mol. The van der Waals surface area contributed by atoms with Crippen LogP contribution in [0.3, 0.4) is 0 Å². The van der Waals surface area contributed by atoms with Crippen LogP contribution >= 0.6 is 11.6 Å². The number of hydrogen-bond acceptors (Lipinski definition) is 3. The summed E-state index contributed by atoms with van der Waals surface area (Å²) in [6.07, 6.45) is 2.75. The normalized spacial score (nSPS) is 17.6. The van der Waals surface area contributed by atoms with E-state index in [1.165, 1.54) is 24.8 Å². The molecule has 1 aliphatic carbocycles. The van der Waals surface area contributed by atoms with Crippen molar-refractivity contribution < 1.29 is 13.2 Å². The number of hydrogen-bond donors (Lipinski definition) is 1. The Kier molecular flexibility index (Phi) is 4.62. The molecule has 6 heteroatoms. The lowest BCUT2D eigenvalue weighted by Crippen LogP contribution is -2.31. The molecular formula is C17H18ClNO3S. The maximum absolute atomic E-state index is 12.7. The minimum atomic E-state index is -3.64. The highest BCUT2D eigenvalue weighted by molar-refractivity contribution is 7.89. The molecule has 1 N–H and O–H groups in total. The van der Waals surface area contributed by atoms with Crippen LogP contribution in [0, 0.1) is 0 Å². The first-order valence-corrected chi connectivity index (χ1v) is 9.31. The smallest absolute Gasteiger partial charge is 0.241 e. The maximum atomic E-state index is 12.7. The Morgan fingerprint density at radius 3 is 2.74 bits per heavy atom. The summed E-state index contributed by atoms with van der Waals surface area (Å²) in [6.45, 7) is 0. The molecule has 122 valence electrons. The predicted octanol–water partition coefficient (Wildman–Crippen LogP) is 3.70. The molecule has 0 saturated heterocycles. The average Bonchev–Trinajstić information content (AvgIpc) is 2.55. The third kappa shape index (κ3) is 3.37. The van der Waals surface area contributed by atoms with Crippen molar-refractivity contribution in [2.75, 3.05) is 7.11 Å². The molecule has 0 amide bonds. The van der Waals surface area contributed by atoms with Crippen LogP contribution in [0.5, 0.6) is 5.75 Å². The van der Waals surface area contributed by atoms with Crippen LogP contribution in [0.2, 0.25) is 5.02 Å². The van der Waals surface area contributed by atoms with E-state index in [1.54, 1.807) is 6.07 Å². The number of ether oxygens (including phenoxy) is 1. The van der Waals surface area contributed by atoms with Gasteiger partial charge in [0.05, 0.1) is 17.0 Å². The summed E-state index contributed by atoms with van der Waals surface area (Å²) >= 11 is 6.04. The fraction of sp³-hybridized carbons (Fsp3) is 0.294. The molecular weight excluding hydrogens is 334 g/mol. The van der Waals surface area contributed by atoms with Crippen LogP contribution in [0.4, 0.5) is 0 Å². The van der Waals surface area contributed by atoms with E-state index in [0.29, 0.717) is 5.75 Å². The van der Waals surface area contributed by atoms with E-state index < -0.39 is 10.0 Å². The summed E-state index contributed by atoms with van der Waals surface area (Å²) in [5.41, 5.74) is 2.26. The van der Waals surface area contributed by atoms with Gasteiger partial charge in [-0.1, -0.05) is 35.9 Å². The van der Waals surface area contributed by atoms with E-state index in [0.717, 1.165) is 24.8 Å². The van der Waals surface area contributed by atoms with E-state index >= 15 is 0 Å². The first-order chi connectivity index (χ1) is 11.0. The number of halogens is 1. The predicted molar refractivity (Wildman–Crippen MR) is 90.4 cm³/mol. The van der Waals surface area contributed by atoms with E-state index in [-0.39, 0.29) is 16.0 Å². The van der Waals surface area contributed by atoms with Crippen molar-refractivity contribution in [2.24, 2.45) is 0 Å². The molecule has 0 spiro atoms. The molecule has 4 nitrogen and oxygen atoms in total. The first-order valence-electron chi connectivity index (χ1n) is 7.45. The van der Waals surface area contributed by atoms with Gasteiger partial charge in [0.2, 0.25) is 10.0 Å². The van der Waals surface area contributed by atoms with E-state index in [9.17, 15) is 8.42 Å². The number of methoxy groups -OCH3 is 1. The molecule has 0 heterocycles. The minimum absolute atomic E-state index is 0.145. The van der Waals surface area contributed by atoms with Gasteiger partial charge >= 0.3 is 0 Å². The summed E-state index contributed by atoms with van der Waals surface area (Å²) < 4.78 is 33.2. The third-order valence-electron chi connectivity index (χ3n) is 4.10. The molecule has 0 fully saturated rings. The highest BCUT2D eigenvalue weighted by Gasteiger charge is 2.26. The van der Waals surface area contributed by atoms with Crippen LogP contribution in [0.15, 0.2) is 47.4 Å². The van der Waals surface area contributed by atoms with Gasteiger partial charge in [-0.2, -0.15) is 0 Å². The van der Waals surface area contributed by atoms with Gasteiger partial charge in [-0.15, -0.1) is 0 Å². The second-order valence-electron chi connectivity index (χ2n) is 5.56. The first kappa shape index (κ1) is 16.3. The van der Waals surface area contributed by atoms with Crippen molar-refractivity contribution in [3.63, 3.8) is 0 Å². The van der Waals surface area contributed by atoms with Crippen LogP contribution in [-0.2, 0) is 16.4 Å². The number of aryl methyl sites for hydroxylation is 1. The largest absolute Gasteiger partial charge is 0.495 e. The third-order valence-corrected chi connectivity index (χ3v) is 5.87. The summed E-state index contributed by atoms with van der Waals surface area (Å²) in [4.78, 5) is 0.145. The quantitative estimate of drug-likeness (QED) is 0.913. The fourth-order valence-corrected chi connectivity index (χ4v) is 4.54. The molecule has 1 unspecified atom stereocenters. The Morgan fingerprint density at radius 2 is 2.00 bits per heavy atom. The zero-order valence-corrected chi connectivity index (χ0v) is 14.3. The summed E-state index contributed by atoms with van der Waals surface area (Å²) in [6, 6.07) is 12.2. The molecule has 0 radical (unpaired) electrons. The van der Waals surface area contributed by atoms with E-state index in [4.69, 9.17) is 16.3 Å². The Morgan fingerprint density at radius 1 is 1.22 bits per heavy atom. The molecule has 0 aliphatic heterocycles. The van der Waals surface area contributed by atoms with Crippen molar-refractivity contribution in [3.8, 4) is 5.75 Å². The zero-order chi connectivity index (χ0) is 16.4. The van der Waals surface area contributed by atoms with Crippen molar-refractivity contribution in [2.45, 2.75) is 30.2 Å². The van der Waals surface area contributed by atoms with Crippen molar-refractivity contribution in [1.82, 2.24) is 4.72 Å². The number of benzene rings is 2. The number of nitrogens with one attached hydrogen (secondary N) is 1. The summed E-state index contributed by atoms with van der Waals surface area (Å²) in [5.74, 6) is 0.452. The van der Waals surface area contributed by atoms with E-state index in [1.807, 2.05) is 18.2 Å². The highest BCUT2D eigenvalue weighted by atomic mass is 35.5. The second-order valence-corrected chi connectivity index (χ2v) is 7.68. The lowest BCUT2D eigenvalue weighted by atomic mass is 9.88.